The lowest BCUT2D eigenvalue weighted by Gasteiger charge is -2.39. The molecule has 0 aromatic carbocycles. The number of ether oxygens (including phenoxy) is 1. The van der Waals surface area contributed by atoms with Crippen LogP contribution in [-0.4, -0.2) is 68.9 Å². The predicted octanol–water partition coefficient (Wildman–Crippen LogP) is 0.698. The Kier molecular flexibility index (Phi) is 5.60. The molecule has 2 aromatic rings. The SMILES string of the molecule is COCCc1noc(CN2CCN(Cc3nccn3C)[C@@H](C)C2)n1. The summed E-state index contributed by atoms with van der Waals surface area (Å²) in [6.45, 7) is 7.46. The van der Waals surface area contributed by atoms with Crippen LogP contribution in [0.25, 0.3) is 0 Å². The standard InChI is InChI=1S/C16H26N6O2/c1-13-10-21(12-16-18-14(19-24-16)4-9-23-3)7-8-22(13)11-15-17-5-6-20(15)2/h5-6,13H,4,7-12H2,1-3H3/t13-/m0/s1. The van der Waals surface area contributed by atoms with Crippen molar-refractivity contribution >= 4 is 0 Å². The second kappa shape index (κ2) is 7.87. The molecule has 1 atom stereocenters. The van der Waals surface area contributed by atoms with Crippen molar-refractivity contribution < 1.29 is 9.26 Å². The van der Waals surface area contributed by atoms with Gasteiger partial charge in [0.15, 0.2) is 5.82 Å². The summed E-state index contributed by atoms with van der Waals surface area (Å²) in [5, 5.41) is 4.00. The highest BCUT2D eigenvalue weighted by Crippen LogP contribution is 2.15. The van der Waals surface area contributed by atoms with E-state index in [9.17, 15) is 0 Å². The fraction of sp³-hybridized carbons (Fsp3) is 0.688. The number of nitrogens with zero attached hydrogens (tertiary/aromatic N) is 6. The highest BCUT2D eigenvalue weighted by molar-refractivity contribution is 4.94. The number of imidazole rings is 1. The molecule has 2 aromatic heterocycles. The Bertz CT molecular complexity index is 640. The molecule has 3 rings (SSSR count). The van der Waals surface area contributed by atoms with E-state index in [1.165, 1.54) is 0 Å². The van der Waals surface area contributed by atoms with Crippen LogP contribution >= 0.6 is 0 Å². The zero-order valence-corrected chi connectivity index (χ0v) is 14.7. The van der Waals surface area contributed by atoms with Crippen LogP contribution in [0.2, 0.25) is 0 Å². The van der Waals surface area contributed by atoms with E-state index in [0.717, 1.165) is 32.0 Å². The van der Waals surface area contributed by atoms with Crippen molar-refractivity contribution in [2.45, 2.75) is 32.5 Å². The van der Waals surface area contributed by atoms with E-state index in [0.29, 0.717) is 37.3 Å². The maximum Gasteiger partial charge on any atom is 0.240 e. The van der Waals surface area contributed by atoms with Gasteiger partial charge in [0.2, 0.25) is 5.89 Å². The van der Waals surface area contributed by atoms with E-state index in [4.69, 9.17) is 9.26 Å². The van der Waals surface area contributed by atoms with Crippen LogP contribution in [0, 0.1) is 0 Å². The largest absolute Gasteiger partial charge is 0.384 e. The molecule has 24 heavy (non-hydrogen) atoms. The summed E-state index contributed by atoms with van der Waals surface area (Å²) < 4.78 is 12.5. The van der Waals surface area contributed by atoms with E-state index >= 15 is 0 Å². The maximum atomic E-state index is 5.34. The summed E-state index contributed by atoms with van der Waals surface area (Å²) >= 11 is 0. The fourth-order valence-corrected chi connectivity index (χ4v) is 3.02. The number of hydrogen-bond donors (Lipinski definition) is 0. The Morgan fingerprint density at radius 2 is 2.21 bits per heavy atom. The van der Waals surface area contributed by atoms with Gasteiger partial charge in [-0.15, -0.1) is 0 Å². The third-order valence-corrected chi connectivity index (χ3v) is 4.51. The first-order chi connectivity index (χ1) is 11.7. The van der Waals surface area contributed by atoms with Gasteiger partial charge >= 0.3 is 0 Å². The second-order valence-corrected chi connectivity index (χ2v) is 6.36. The van der Waals surface area contributed by atoms with Gasteiger partial charge in [-0.1, -0.05) is 5.16 Å². The lowest BCUT2D eigenvalue weighted by molar-refractivity contribution is 0.0645. The average Bonchev–Trinajstić information content (AvgIpc) is 3.17. The highest BCUT2D eigenvalue weighted by Gasteiger charge is 2.25. The van der Waals surface area contributed by atoms with Crippen molar-refractivity contribution in [3.8, 4) is 0 Å². The minimum atomic E-state index is 0.464. The van der Waals surface area contributed by atoms with Crippen molar-refractivity contribution in [2.24, 2.45) is 7.05 Å². The van der Waals surface area contributed by atoms with Crippen molar-refractivity contribution in [3.05, 3.63) is 29.9 Å². The van der Waals surface area contributed by atoms with E-state index in [-0.39, 0.29) is 0 Å². The molecule has 0 bridgehead atoms. The number of methoxy groups -OCH3 is 1. The molecule has 3 heterocycles. The number of aromatic nitrogens is 4. The Morgan fingerprint density at radius 3 is 2.92 bits per heavy atom. The van der Waals surface area contributed by atoms with Crippen LogP contribution in [0.3, 0.4) is 0 Å². The predicted molar refractivity (Wildman–Crippen MR) is 88.2 cm³/mol. The monoisotopic (exact) mass is 334 g/mol. The normalized spacial score (nSPS) is 19.9. The first-order valence-corrected chi connectivity index (χ1v) is 8.38. The molecule has 0 saturated carbocycles. The van der Waals surface area contributed by atoms with Gasteiger partial charge in [-0.05, 0) is 6.92 Å². The van der Waals surface area contributed by atoms with Crippen molar-refractivity contribution in [1.29, 1.82) is 0 Å². The zero-order chi connectivity index (χ0) is 16.9. The van der Waals surface area contributed by atoms with Crippen molar-refractivity contribution in [1.82, 2.24) is 29.5 Å². The molecule has 0 radical (unpaired) electrons. The van der Waals surface area contributed by atoms with E-state index in [2.05, 4.69) is 36.4 Å². The van der Waals surface area contributed by atoms with Gasteiger partial charge in [0, 0.05) is 58.6 Å². The van der Waals surface area contributed by atoms with Crippen molar-refractivity contribution in [2.75, 3.05) is 33.4 Å². The number of hydrogen-bond acceptors (Lipinski definition) is 7. The minimum absolute atomic E-state index is 0.464. The summed E-state index contributed by atoms with van der Waals surface area (Å²) in [4.78, 5) is 13.7. The van der Waals surface area contributed by atoms with Gasteiger partial charge in [-0.25, -0.2) is 4.98 Å². The van der Waals surface area contributed by atoms with Crippen LogP contribution in [0.5, 0.6) is 0 Å². The third kappa shape index (κ3) is 4.19. The van der Waals surface area contributed by atoms with Crippen LogP contribution < -0.4 is 0 Å². The number of piperazine rings is 1. The Labute approximate surface area is 142 Å². The third-order valence-electron chi connectivity index (χ3n) is 4.51. The van der Waals surface area contributed by atoms with E-state index in [1.54, 1.807) is 7.11 Å². The van der Waals surface area contributed by atoms with E-state index < -0.39 is 0 Å². The molecule has 1 aliphatic rings. The van der Waals surface area contributed by atoms with Crippen LogP contribution in [0.1, 0.15) is 24.5 Å². The maximum absolute atomic E-state index is 5.34. The van der Waals surface area contributed by atoms with Gasteiger partial charge in [-0.3, -0.25) is 9.80 Å². The molecule has 0 aliphatic carbocycles. The second-order valence-electron chi connectivity index (χ2n) is 6.36. The van der Waals surface area contributed by atoms with Gasteiger partial charge in [0.05, 0.1) is 19.7 Å². The molecule has 132 valence electrons. The number of rotatable bonds is 7. The lowest BCUT2D eigenvalue weighted by atomic mass is 10.2. The first kappa shape index (κ1) is 17.1. The van der Waals surface area contributed by atoms with Crippen LogP contribution in [0.4, 0.5) is 0 Å². The average molecular weight is 334 g/mol. The van der Waals surface area contributed by atoms with Gasteiger partial charge in [-0.2, -0.15) is 4.98 Å². The van der Waals surface area contributed by atoms with Crippen LogP contribution in [-0.2, 0) is 31.3 Å². The summed E-state index contributed by atoms with van der Waals surface area (Å²) in [5.74, 6) is 2.51. The fourth-order valence-electron chi connectivity index (χ4n) is 3.02. The molecule has 1 fully saturated rings. The molecular formula is C16H26N6O2. The Morgan fingerprint density at radius 1 is 1.33 bits per heavy atom. The van der Waals surface area contributed by atoms with Crippen LogP contribution in [0.15, 0.2) is 16.9 Å². The molecule has 1 aliphatic heterocycles. The summed E-state index contributed by atoms with van der Waals surface area (Å²) in [6, 6.07) is 0.464. The van der Waals surface area contributed by atoms with Gasteiger partial charge in [0.1, 0.15) is 5.82 Å². The molecule has 1 saturated heterocycles. The minimum Gasteiger partial charge on any atom is -0.384 e. The summed E-state index contributed by atoms with van der Waals surface area (Å²) in [5.41, 5.74) is 0. The molecule has 8 nitrogen and oxygen atoms in total. The molecular weight excluding hydrogens is 308 g/mol. The molecule has 0 spiro atoms. The summed E-state index contributed by atoms with van der Waals surface area (Å²) in [6.07, 6.45) is 4.54. The quantitative estimate of drug-likeness (QED) is 0.738. The van der Waals surface area contributed by atoms with Gasteiger partial charge in [0.25, 0.3) is 0 Å². The number of aryl methyl sites for hydroxylation is 1. The molecule has 0 N–H and O–H groups in total. The smallest absolute Gasteiger partial charge is 0.240 e. The lowest BCUT2D eigenvalue weighted by Crippen LogP contribution is -2.51. The highest BCUT2D eigenvalue weighted by atomic mass is 16.5. The Balaban J connectivity index is 1.50. The summed E-state index contributed by atoms with van der Waals surface area (Å²) in [7, 11) is 3.72. The first-order valence-electron chi connectivity index (χ1n) is 8.38. The molecule has 0 amide bonds. The molecule has 8 heteroatoms. The van der Waals surface area contributed by atoms with Gasteiger partial charge < -0.3 is 13.8 Å². The van der Waals surface area contributed by atoms with Crippen molar-refractivity contribution in [3.63, 3.8) is 0 Å². The van der Waals surface area contributed by atoms with E-state index in [1.807, 2.05) is 19.4 Å². The zero-order valence-electron chi connectivity index (χ0n) is 14.7. The molecule has 0 unspecified atom stereocenters. The Hall–Kier alpha value is -1.77. The topological polar surface area (TPSA) is 72.5 Å².